The Bertz CT molecular complexity index is 932. The fourth-order valence-electron chi connectivity index (χ4n) is 4.10. The van der Waals surface area contributed by atoms with E-state index in [2.05, 4.69) is 16.0 Å². The van der Waals surface area contributed by atoms with Crippen molar-refractivity contribution in [3.05, 3.63) is 34.8 Å². The van der Waals surface area contributed by atoms with Crippen molar-refractivity contribution in [2.45, 2.75) is 37.8 Å². The van der Waals surface area contributed by atoms with Gasteiger partial charge >= 0.3 is 6.09 Å². The number of hydrogen-bond acceptors (Lipinski definition) is 7. The molecule has 2 aliphatic rings. The molecule has 1 amide bonds. The molecule has 0 spiro atoms. The number of piperidine rings is 1. The van der Waals surface area contributed by atoms with Gasteiger partial charge in [-0.25, -0.2) is 9.78 Å². The number of anilines is 2. The Labute approximate surface area is 173 Å². The summed E-state index contributed by atoms with van der Waals surface area (Å²) in [7, 11) is 0. The van der Waals surface area contributed by atoms with Crippen LogP contribution >= 0.6 is 11.3 Å². The topological polar surface area (TPSA) is 116 Å². The van der Waals surface area contributed by atoms with E-state index in [0.717, 1.165) is 30.8 Å². The molecule has 0 saturated carbocycles. The number of benzene rings is 1. The van der Waals surface area contributed by atoms with Gasteiger partial charge in [-0.05, 0) is 25.0 Å². The quantitative estimate of drug-likeness (QED) is 0.788. The van der Waals surface area contributed by atoms with Crippen molar-refractivity contribution < 1.29 is 14.6 Å². The molecule has 9 heteroatoms. The summed E-state index contributed by atoms with van der Waals surface area (Å²) >= 11 is 1.44. The lowest BCUT2D eigenvalue weighted by atomic mass is 10.1. The van der Waals surface area contributed by atoms with E-state index in [1.165, 1.54) is 16.2 Å². The predicted octanol–water partition coefficient (Wildman–Crippen LogP) is 3.46. The highest BCUT2D eigenvalue weighted by molar-refractivity contribution is 7.13. The van der Waals surface area contributed by atoms with Crippen LogP contribution in [-0.2, 0) is 0 Å². The first kappa shape index (κ1) is 19.3. The van der Waals surface area contributed by atoms with Crippen LogP contribution in [0.25, 0.3) is 0 Å². The van der Waals surface area contributed by atoms with Crippen LogP contribution in [0.3, 0.4) is 0 Å². The molecule has 0 radical (unpaired) electrons. The van der Waals surface area contributed by atoms with Crippen molar-refractivity contribution in [1.29, 1.82) is 5.26 Å². The summed E-state index contributed by atoms with van der Waals surface area (Å²) in [6, 6.07) is 8.04. The molecule has 1 aromatic carbocycles. The van der Waals surface area contributed by atoms with Gasteiger partial charge in [0.15, 0.2) is 5.13 Å². The molecule has 1 aromatic heterocycles. The highest BCUT2D eigenvalue weighted by Gasteiger charge is 2.30. The van der Waals surface area contributed by atoms with Crippen LogP contribution < -0.4 is 15.4 Å². The van der Waals surface area contributed by atoms with Gasteiger partial charge in [0.05, 0.1) is 23.0 Å². The van der Waals surface area contributed by atoms with Gasteiger partial charge in [-0.1, -0.05) is 0 Å². The zero-order chi connectivity index (χ0) is 20.4. The normalized spacial score (nSPS) is 19.9. The Morgan fingerprint density at radius 1 is 1.31 bits per heavy atom. The number of nitrogen functional groups attached to an aromatic ring is 1. The fraction of sp³-hybridized carbons (Fsp3) is 0.450. The number of carboxylic acid groups (broad SMARTS) is 1. The van der Waals surface area contributed by atoms with E-state index in [1.54, 1.807) is 6.07 Å². The molecule has 29 heavy (non-hydrogen) atoms. The Kier molecular flexibility index (Phi) is 5.45. The summed E-state index contributed by atoms with van der Waals surface area (Å²) < 4.78 is 6.04. The van der Waals surface area contributed by atoms with Gasteiger partial charge in [-0.15, -0.1) is 11.3 Å². The van der Waals surface area contributed by atoms with Crippen molar-refractivity contribution in [1.82, 2.24) is 9.88 Å². The smallest absolute Gasteiger partial charge is 0.407 e. The lowest BCUT2D eigenvalue weighted by Gasteiger charge is -2.30. The number of nitriles is 1. The summed E-state index contributed by atoms with van der Waals surface area (Å²) in [5, 5.41) is 21.3. The largest absolute Gasteiger partial charge is 0.490 e. The maximum Gasteiger partial charge on any atom is 0.407 e. The molecule has 1 atom stereocenters. The van der Waals surface area contributed by atoms with Crippen molar-refractivity contribution in [3.63, 3.8) is 0 Å². The molecule has 3 N–H and O–H groups in total. The molecule has 0 aliphatic carbocycles. The molecular formula is C20H23N5O3S. The molecule has 2 fully saturated rings. The third-order valence-corrected chi connectivity index (χ3v) is 6.24. The van der Waals surface area contributed by atoms with E-state index in [1.807, 2.05) is 17.5 Å². The Morgan fingerprint density at radius 2 is 2.10 bits per heavy atom. The number of carbonyl (C=O) groups is 1. The van der Waals surface area contributed by atoms with Crippen LogP contribution in [-0.4, -0.2) is 46.8 Å². The molecule has 152 valence electrons. The monoisotopic (exact) mass is 413 g/mol. The van der Waals surface area contributed by atoms with Gasteiger partial charge < -0.3 is 25.4 Å². The summed E-state index contributed by atoms with van der Waals surface area (Å²) in [5.74, 6) is 0.646. The van der Waals surface area contributed by atoms with E-state index < -0.39 is 6.09 Å². The minimum absolute atomic E-state index is 0.0412. The van der Waals surface area contributed by atoms with Crippen molar-refractivity contribution in [2.24, 2.45) is 0 Å². The van der Waals surface area contributed by atoms with Crippen LogP contribution in [0, 0.1) is 11.3 Å². The minimum atomic E-state index is -0.887. The summed E-state index contributed by atoms with van der Waals surface area (Å²) in [6.45, 7) is 1.80. The highest BCUT2D eigenvalue weighted by atomic mass is 32.1. The average molecular weight is 414 g/mol. The Balaban J connectivity index is 1.49. The maximum atomic E-state index is 11.0. The van der Waals surface area contributed by atoms with E-state index in [-0.39, 0.29) is 12.1 Å². The summed E-state index contributed by atoms with van der Waals surface area (Å²) in [6.07, 6.45) is 2.38. The van der Waals surface area contributed by atoms with Gasteiger partial charge in [-0.3, -0.25) is 0 Å². The minimum Gasteiger partial charge on any atom is -0.490 e. The van der Waals surface area contributed by atoms with Gasteiger partial charge in [0, 0.05) is 43.9 Å². The Morgan fingerprint density at radius 3 is 2.76 bits per heavy atom. The SMILES string of the molecule is N#Cc1cc(OC2CCN(C(=O)O)CC2)ccc1N1CCC[C@@H]1c1csc(N)n1. The second-order valence-electron chi connectivity index (χ2n) is 7.34. The lowest BCUT2D eigenvalue weighted by Crippen LogP contribution is -2.41. The number of hydrogen-bond donors (Lipinski definition) is 2. The third kappa shape index (κ3) is 4.07. The predicted molar refractivity (Wildman–Crippen MR) is 110 cm³/mol. The van der Waals surface area contributed by atoms with E-state index in [0.29, 0.717) is 42.4 Å². The molecule has 8 nitrogen and oxygen atoms in total. The first-order chi connectivity index (χ1) is 14.0. The van der Waals surface area contributed by atoms with Crippen LogP contribution in [0.2, 0.25) is 0 Å². The molecular weight excluding hydrogens is 390 g/mol. The number of rotatable bonds is 4. The Hall–Kier alpha value is -2.99. The van der Waals surface area contributed by atoms with Crippen molar-refractivity contribution >= 4 is 28.2 Å². The number of nitrogens with zero attached hydrogens (tertiary/aromatic N) is 4. The average Bonchev–Trinajstić information content (AvgIpc) is 3.37. The van der Waals surface area contributed by atoms with E-state index >= 15 is 0 Å². The number of thiazole rings is 1. The second kappa shape index (κ2) is 8.17. The number of aromatic nitrogens is 1. The lowest BCUT2D eigenvalue weighted by molar-refractivity contribution is 0.0895. The molecule has 3 heterocycles. The fourth-order valence-corrected chi connectivity index (χ4v) is 4.71. The van der Waals surface area contributed by atoms with Crippen molar-refractivity contribution in [2.75, 3.05) is 30.3 Å². The maximum absolute atomic E-state index is 11.0. The van der Waals surface area contributed by atoms with Crippen LogP contribution in [0.5, 0.6) is 5.75 Å². The van der Waals surface area contributed by atoms with Gasteiger partial charge in [0.2, 0.25) is 0 Å². The van der Waals surface area contributed by atoms with E-state index in [9.17, 15) is 10.1 Å². The number of ether oxygens (including phenoxy) is 1. The molecule has 0 bridgehead atoms. The zero-order valence-corrected chi connectivity index (χ0v) is 16.8. The third-order valence-electron chi connectivity index (χ3n) is 5.55. The van der Waals surface area contributed by atoms with Crippen LogP contribution in [0.15, 0.2) is 23.6 Å². The van der Waals surface area contributed by atoms with Gasteiger partial charge in [-0.2, -0.15) is 5.26 Å². The van der Waals surface area contributed by atoms with Gasteiger partial charge in [0.25, 0.3) is 0 Å². The molecule has 2 saturated heterocycles. The van der Waals surface area contributed by atoms with Crippen LogP contribution in [0.4, 0.5) is 15.6 Å². The van der Waals surface area contributed by atoms with Crippen molar-refractivity contribution in [3.8, 4) is 11.8 Å². The number of amides is 1. The summed E-state index contributed by atoms with van der Waals surface area (Å²) in [4.78, 5) is 19.1. The number of nitrogens with two attached hydrogens (primary N) is 1. The van der Waals surface area contributed by atoms with Gasteiger partial charge in [0.1, 0.15) is 17.9 Å². The van der Waals surface area contributed by atoms with Crippen LogP contribution in [0.1, 0.15) is 43.0 Å². The molecule has 2 aromatic rings. The highest BCUT2D eigenvalue weighted by Crippen LogP contribution is 2.39. The van der Waals surface area contributed by atoms with E-state index in [4.69, 9.17) is 15.6 Å². The molecule has 2 aliphatic heterocycles. The first-order valence-electron chi connectivity index (χ1n) is 9.71. The second-order valence-corrected chi connectivity index (χ2v) is 8.23. The number of likely N-dealkylation sites (tertiary alicyclic amines) is 1. The molecule has 0 unspecified atom stereocenters. The molecule has 4 rings (SSSR count). The zero-order valence-electron chi connectivity index (χ0n) is 16.0. The first-order valence-corrected chi connectivity index (χ1v) is 10.6. The standard InChI is InChI=1S/C20H23N5O3S/c21-11-13-10-15(28-14-5-8-24(9-6-14)20(26)27)3-4-17(13)25-7-1-2-18(25)16-12-29-19(22)23-16/h3-4,10,12,14,18H,1-2,5-9H2,(H2,22,23)(H,26,27)/t18-/m1/s1. The summed E-state index contributed by atoms with van der Waals surface area (Å²) in [5.41, 5.74) is 8.22.